The highest BCUT2D eigenvalue weighted by Gasteiger charge is 2.50. The summed E-state index contributed by atoms with van der Waals surface area (Å²) < 4.78 is 1.03. The molecule has 4 rings (SSSR count). The average Bonchev–Trinajstić information content (AvgIpc) is 2.90. The van der Waals surface area contributed by atoms with E-state index in [1.54, 1.807) is 0 Å². The molecule has 4 heteroatoms. The van der Waals surface area contributed by atoms with Crippen LogP contribution in [0, 0.1) is 25.7 Å². The van der Waals surface area contributed by atoms with Crippen LogP contribution in [-0.4, -0.2) is 11.8 Å². The van der Waals surface area contributed by atoms with Crippen molar-refractivity contribution in [2.75, 3.05) is 4.90 Å². The maximum atomic E-state index is 13.1. The summed E-state index contributed by atoms with van der Waals surface area (Å²) in [6.45, 7) is 3.98. The van der Waals surface area contributed by atoms with Crippen molar-refractivity contribution in [3.63, 3.8) is 0 Å². The molecule has 0 N–H and O–H groups in total. The number of hydrogen-bond acceptors (Lipinski definition) is 2. The van der Waals surface area contributed by atoms with E-state index in [4.69, 9.17) is 0 Å². The number of imide groups is 1. The molecule has 2 aliphatic rings. The lowest BCUT2D eigenvalue weighted by molar-refractivity contribution is -0.122. The van der Waals surface area contributed by atoms with Gasteiger partial charge in [0.1, 0.15) is 0 Å². The monoisotopic (exact) mass is 411 g/mol. The van der Waals surface area contributed by atoms with Crippen molar-refractivity contribution >= 4 is 33.4 Å². The molecule has 2 aromatic rings. The molecule has 134 valence electrons. The van der Waals surface area contributed by atoms with E-state index in [1.807, 2.05) is 44.2 Å². The number of nitrogens with zero attached hydrogens (tertiary/aromatic N) is 1. The molecular weight excluding hydrogens is 390 g/mol. The molecule has 3 nitrogen and oxygen atoms in total. The van der Waals surface area contributed by atoms with Gasteiger partial charge in [-0.15, -0.1) is 0 Å². The Kier molecular flexibility index (Phi) is 4.47. The number of carbonyl (C=O) groups is 2. The summed E-state index contributed by atoms with van der Waals surface area (Å²) in [6.07, 6.45) is 2.53. The fourth-order valence-corrected chi connectivity index (χ4v) is 4.74. The molecule has 3 atom stereocenters. The molecule has 2 aromatic carbocycles. The predicted octanol–water partition coefficient (Wildman–Crippen LogP) is 5.14. The van der Waals surface area contributed by atoms with Crippen molar-refractivity contribution in [3.05, 3.63) is 63.6 Å². The third-order valence-corrected chi connectivity index (χ3v) is 7.13. The number of carbonyl (C=O) groups excluding carboxylic acids is 2. The Morgan fingerprint density at radius 1 is 0.923 bits per heavy atom. The number of benzene rings is 2. The van der Waals surface area contributed by atoms with Gasteiger partial charge in [0.2, 0.25) is 11.8 Å². The molecule has 1 saturated carbocycles. The number of anilines is 1. The minimum Gasteiger partial charge on any atom is -0.274 e. The van der Waals surface area contributed by atoms with Crippen molar-refractivity contribution in [1.29, 1.82) is 0 Å². The van der Waals surface area contributed by atoms with Crippen LogP contribution in [0.2, 0.25) is 0 Å². The smallest absolute Gasteiger partial charge is 0.237 e. The predicted molar refractivity (Wildman–Crippen MR) is 106 cm³/mol. The van der Waals surface area contributed by atoms with Gasteiger partial charge in [0, 0.05) is 4.47 Å². The van der Waals surface area contributed by atoms with Gasteiger partial charge in [0.05, 0.1) is 17.5 Å². The molecule has 2 fully saturated rings. The van der Waals surface area contributed by atoms with Gasteiger partial charge >= 0.3 is 0 Å². The molecule has 0 spiro atoms. The minimum atomic E-state index is -0.189. The minimum absolute atomic E-state index is 0.0207. The molecule has 1 saturated heterocycles. The first kappa shape index (κ1) is 17.5. The normalized spacial score (nSPS) is 25.5. The van der Waals surface area contributed by atoms with Gasteiger partial charge in [-0.25, -0.2) is 0 Å². The molecule has 0 radical (unpaired) electrons. The Hall–Kier alpha value is -1.94. The number of amides is 2. The molecule has 0 aromatic heterocycles. The molecule has 0 unspecified atom stereocenters. The molecular formula is C22H22BrNO2. The van der Waals surface area contributed by atoms with E-state index in [1.165, 1.54) is 10.5 Å². The van der Waals surface area contributed by atoms with E-state index < -0.39 is 0 Å². The SMILES string of the molecule is Cc1cc(N2C(=O)[C@@H]3CC[C@H](c4ccccc4)C[C@H]3C2=O)cc(C)c1Br. The van der Waals surface area contributed by atoms with Crippen LogP contribution in [0.4, 0.5) is 5.69 Å². The van der Waals surface area contributed by atoms with E-state index in [0.717, 1.165) is 34.9 Å². The summed E-state index contributed by atoms with van der Waals surface area (Å²) in [4.78, 5) is 27.6. The summed E-state index contributed by atoms with van der Waals surface area (Å²) in [5, 5.41) is 0. The summed E-state index contributed by atoms with van der Waals surface area (Å²) in [5.41, 5.74) is 4.07. The van der Waals surface area contributed by atoms with Crippen LogP contribution in [0.3, 0.4) is 0 Å². The molecule has 26 heavy (non-hydrogen) atoms. The number of hydrogen-bond donors (Lipinski definition) is 0. The zero-order valence-electron chi connectivity index (χ0n) is 15.0. The van der Waals surface area contributed by atoms with Crippen LogP contribution in [0.1, 0.15) is 41.9 Å². The van der Waals surface area contributed by atoms with Crippen molar-refractivity contribution in [1.82, 2.24) is 0 Å². The van der Waals surface area contributed by atoms with Crippen LogP contribution in [-0.2, 0) is 9.59 Å². The van der Waals surface area contributed by atoms with Gasteiger partial charge in [-0.3, -0.25) is 14.5 Å². The van der Waals surface area contributed by atoms with Crippen molar-refractivity contribution in [2.45, 2.75) is 39.0 Å². The molecule has 2 amide bonds. The van der Waals surface area contributed by atoms with Gasteiger partial charge < -0.3 is 0 Å². The second-order valence-electron chi connectivity index (χ2n) is 7.54. The molecule has 1 aliphatic carbocycles. The Balaban J connectivity index is 1.64. The second-order valence-corrected chi connectivity index (χ2v) is 8.33. The highest BCUT2D eigenvalue weighted by atomic mass is 79.9. The van der Waals surface area contributed by atoms with Gasteiger partial charge in [0.25, 0.3) is 0 Å². The van der Waals surface area contributed by atoms with Gasteiger partial charge in [0.15, 0.2) is 0 Å². The highest BCUT2D eigenvalue weighted by Crippen LogP contribution is 2.46. The lowest BCUT2D eigenvalue weighted by Gasteiger charge is -2.28. The fraction of sp³-hybridized carbons (Fsp3) is 0.364. The van der Waals surface area contributed by atoms with Crippen molar-refractivity contribution in [3.8, 4) is 0 Å². The Morgan fingerprint density at radius 2 is 1.54 bits per heavy atom. The Morgan fingerprint density at radius 3 is 2.19 bits per heavy atom. The van der Waals surface area contributed by atoms with Crippen molar-refractivity contribution in [2.24, 2.45) is 11.8 Å². The summed E-state index contributed by atoms with van der Waals surface area (Å²) in [5.74, 6) is -0.0330. The first-order valence-corrected chi connectivity index (χ1v) is 9.96. The van der Waals surface area contributed by atoms with Crippen LogP contribution in [0.5, 0.6) is 0 Å². The van der Waals surface area contributed by atoms with E-state index in [-0.39, 0.29) is 23.7 Å². The van der Waals surface area contributed by atoms with Gasteiger partial charge in [-0.2, -0.15) is 0 Å². The number of halogens is 1. The number of rotatable bonds is 2. The average molecular weight is 412 g/mol. The molecule has 1 heterocycles. The number of aryl methyl sites for hydroxylation is 2. The lowest BCUT2D eigenvalue weighted by Crippen LogP contribution is -2.31. The molecule has 1 aliphatic heterocycles. The Labute approximate surface area is 162 Å². The number of fused-ring (bicyclic) bond motifs is 1. The maximum Gasteiger partial charge on any atom is 0.237 e. The van der Waals surface area contributed by atoms with Crippen LogP contribution < -0.4 is 4.90 Å². The Bertz CT molecular complexity index is 854. The van der Waals surface area contributed by atoms with E-state index in [9.17, 15) is 9.59 Å². The van der Waals surface area contributed by atoms with E-state index in [0.29, 0.717) is 11.6 Å². The zero-order valence-corrected chi connectivity index (χ0v) is 16.6. The largest absolute Gasteiger partial charge is 0.274 e. The van der Waals surface area contributed by atoms with Crippen LogP contribution >= 0.6 is 15.9 Å². The van der Waals surface area contributed by atoms with Gasteiger partial charge in [-0.05, 0) is 67.9 Å². The summed E-state index contributed by atoms with van der Waals surface area (Å²) in [7, 11) is 0. The summed E-state index contributed by atoms with van der Waals surface area (Å²) in [6, 6.07) is 14.2. The van der Waals surface area contributed by atoms with Crippen LogP contribution in [0.15, 0.2) is 46.9 Å². The third-order valence-electron chi connectivity index (χ3n) is 5.88. The first-order valence-electron chi connectivity index (χ1n) is 9.17. The lowest BCUT2D eigenvalue weighted by atomic mass is 9.73. The zero-order chi connectivity index (χ0) is 18.4. The topological polar surface area (TPSA) is 37.4 Å². The van der Waals surface area contributed by atoms with Crippen molar-refractivity contribution < 1.29 is 9.59 Å². The highest BCUT2D eigenvalue weighted by molar-refractivity contribution is 9.10. The van der Waals surface area contributed by atoms with Gasteiger partial charge in [-0.1, -0.05) is 46.3 Å². The van der Waals surface area contributed by atoms with E-state index >= 15 is 0 Å². The molecule has 0 bridgehead atoms. The summed E-state index contributed by atoms with van der Waals surface area (Å²) >= 11 is 3.56. The third kappa shape index (κ3) is 2.81. The van der Waals surface area contributed by atoms with Crippen LogP contribution in [0.25, 0.3) is 0 Å². The fourth-order valence-electron chi connectivity index (χ4n) is 4.51. The van der Waals surface area contributed by atoms with E-state index in [2.05, 4.69) is 28.1 Å². The quantitative estimate of drug-likeness (QED) is 0.641. The maximum absolute atomic E-state index is 13.1. The standard InChI is InChI=1S/C22H22BrNO2/c1-13-10-17(11-14(2)20(13)23)24-21(25)18-9-8-16(12-19(18)22(24)26)15-6-4-3-5-7-15/h3-7,10-11,16,18-19H,8-9,12H2,1-2H3/t16-,18+,19+/m0/s1. The second kappa shape index (κ2) is 6.66. The first-order chi connectivity index (χ1) is 12.5.